The van der Waals surface area contributed by atoms with E-state index < -0.39 is 5.97 Å². The molecular formula is C19H23N3O3. The largest absolute Gasteiger partial charge is 0.478 e. The minimum absolute atomic E-state index is 0.0896. The smallest absolute Gasteiger partial charge is 0.335 e. The Morgan fingerprint density at radius 1 is 1.36 bits per heavy atom. The summed E-state index contributed by atoms with van der Waals surface area (Å²) in [6.45, 7) is 3.73. The second-order valence-electron chi connectivity index (χ2n) is 6.43. The number of carboxylic acids is 1. The van der Waals surface area contributed by atoms with E-state index in [4.69, 9.17) is 5.11 Å². The average molecular weight is 341 g/mol. The quantitative estimate of drug-likeness (QED) is 0.907. The van der Waals surface area contributed by atoms with E-state index in [1.54, 1.807) is 24.4 Å². The standard InChI is InChI=1S/C19H23N3O3/c1-2-17-20-8-10-21(17)13-18(23)22-9-4-7-16(12-22)14-5-3-6-15(11-14)19(24)25/h3,5-6,8,10-11,16H,2,4,7,9,12-13H2,1H3,(H,24,25)/t16-/m0/s1. The third-order valence-electron chi connectivity index (χ3n) is 4.80. The number of hydrogen-bond acceptors (Lipinski definition) is 3. The molecule has 0 unspecified atom stereocenters. The Morgan fingerprint density at radius 3 is 2.96 bits per heavy atom. The van der Waals surface area contributed by atoms with Gasteiger partial charge in [-0.3, -0.25) is 4.79 Å². The number of piperidine rings is 1. The van der Waals surface area contributed by atoms with E-state index >= 15 is 0 Å². The third-order valence-corrected chi connectivity index (χ3v) is 4.80. The summed E-state index contributed by atoms with van der Waals surface area (Å²) < 4.78 is 1.90. The van der Waals surface area contributed by atoms with Gasteiger partial charge in [0.15, 0.2) is 0 Å². The summed E-state index contributed by atoms with van der Waals surface area (Å²) in [5, 5.41) is 9.17. The molecule has 1 atom stereocenters. The Labute approximate surface area is 147 Å². The normalized spacial score (nSPS) is 17.5. The fraction of sp³-hybridized carbons (Fsp3) is 0.421. The number of imidazole rings is 1. The number of nitrogens with zero attached hydrogens (tertiary/aromatic N) is 3. The third kappa shape index (κ3) is 3.90. The van der Waals surface area contributed by atoms with Gasteiger partial charge in [-0.2, -0.15) is 0 Å². The molecule has 132 valence electrons. The zero-order chi connectivity index (χ0) is 17.8. The molecule has 1 amide bonds. The lowest BCUT2D eigenvalue weighted by atomic mass is 9.89. The molecule has 1 fully saturated rings. The van der Waals surface area contributed by atoms with Crippen LogP contribution in [-0.2, 0) is 17.8 Å². The van der Waals surface area contributed by atoms with Crippen LogP contribution in [0.3, 0.4) is 0 Å². The number of aryl methyl sites for hydroxylation is 1. The monoisotopic (exact) mass is 341 g/mol. The van der Waals surface area contributed by atoms with Crippen LogP contribution in [0.4, 0.5) is 0 Å². The number of likely N-dealkylation sites (tertiary alicyclic amines) is 1. The van der Waals surface area contributed by atoms with Crippen molar-refractivity contribution in [2.75, 3.05) is 13.1 Å². The molecule has 0 bridgehead atoms. The minimum atomic E-state index is -0.919. The van der Waals surface area contributed by atoms with Crippen molar-refractivity contribution in [3.05, 3.63) is 53.6 Å². The summed E-state index contributed by atoms with van der Waals surface area (Å²) in [7, 11) is 0. The van der Waals surface area contributed by atoms with Gasteiger partial charge in [0, 0.05) is 37.8 Å². The average Bonchev–Trinajstić information content (AvgIpc) is 3.09. The number of rotatable bonds is 5. The van der Waals surface area contributed by atoms with E-state index in [-0.39, 0.29) is 11.8 Å². The van der Waals surface area contributed by atoms with E-state index in [1.807, 2.05) is 28.7 Å². The lowest BCUT2D eigenvalue weighted by Gasteiger charge is -2.33. The van der Waals surface area contributed by atoms with Gasteiger partial charge in [0.25, 0.3) is 0 Å². The van der Waals surface area contributed by atoms with Gasteiger partial charge in [-0.05, 0) is 30.5 Å². The number of hydrogen-bond donors (Lipinski definition) is 1. The van der Waals surface area contributed by atoms with Gasteiger partial charge in [-0.15, -0.1) is 0 Å². The van der Waals surface area contributed by atoms with Gasteiger partial charge in [0.2, 0.25) is 5.91 Å². The van der Waals surface area contributed by atoms with Gasteiger partial charge in [0.1, 0.15) is 12.4 Å². The molecule has 25 heavy (non-hydrogen) atoms. The van der Waals surface area contributed by atoms with E-state index in [1.165, 1.54) is 0 Å². The predicted octanol–water partition coefficient (Wildman–Crippen LogP) is 2.55. The summed E-state index contributed by atoms with van der Waals surface area (Å²) in [6, 6.07) is 7.06. The Hall–Kier alpha value is -2.63. The van der Waals surface area contributed by atoms with Crippen LogP contribution in [0.5, 0.6) is 0 Å². The van der Waals surface area contributed by atoms with E-state index in [2.05, 4.69) is 4.98 Å². The van der Waals surface area contributed by atoms with Crippen molar-refractivity contribution in [1.82, 2.24) is 14.5 Å². The van der Waals surface area contributed by atoms with Crippen LogP contribution < -0.4 is 0 Å². The van der Waals surface area contributed by atoms with Gasteiger partial charge >= 0.3 is 5.97 Å². The van der Waals surface area contributed by atoms with Crippen molar-refractivity contribution >= 4 is 11.9 Å². The number of aromatic nitrogens is 2. The first-order valence-electron chi connectivity index (χ1n) is 8.69. The molecule has 1 N–H and O–H groups in total. The maximum atomic E-state index is 12.7. The zero-order valence-electron chi connectivity index (χ0n) is 14.4. The van der Waals surface area contributed by atoms with Crippen LogP contribution in [-0.4, -0.2) is 44.5 Å². The van der Waals surface area contributed by atoms with Gasteiger partial charge in [0.05, 0.1) is 5.56 Å². The molecule has 0 saturated carbocycles. The first-order chi connectivity index (χ1) is 12.1. The summed E-state index contributed by atoms with van der Waals surface area (Å²) >= 11 is 0. The maximum Gasteiger partial charge on any atom is 0.335 e. The number of carboxylic acid groups (broad SMARTS) is 1. The highest BCUT2D eigenvalue weighted by molar-refractivity contribution is 5.87. The van der Waals surface area contributed by atoms with E-state index in [9.17, 15) is 9.59 Å². The number of aromatic carboxylic acids is 1. The fourth-order valence-electron chi connectivity index (χ4n) is 3.45. The highest BCUT2D eigenvalue weighted by Gasteiger charge is 2.25. The van der Waals surface area contributed by atoms with E-state index in [0.29, 0.717) is 18.7 Å². The first-order valence-corrected chi connectivity index (χ1v) is 8.69. The minimum Gasteiger partial charge on any atom is -0.478 e. The highest BCUT2D eigenvalue weighted by Crippen LogP contribution is 2.27. The number of amides is 1. The summed E-state index contributed by atoms with van der Waals surface area (Å²) in [6.07, 6.45) is 6.26. The molecule has 3 rings (SSSR count). The molecule has 1 saturated heterocycles. The topological polar surface area (TPSA) is 75.4 Å². The van der Waals surface area contributed by atoms with Crippen LogP contribution in [0.15, 0.2) is 36.7 Å². The molecule has 2 aromatic rings. The molecule has 0 spiro atoms. The summed E-state index contributed by atoms with van der Waals surface area (Å²) in [4.78, 5) is 30.0. The molecular weight excluding hydrogens is 318 g/mol. The van der Waals surface area contributed by atoms with Crippen molar-refractivity contribution in [2.24, 2.45) is 0 Å². The van der Waals surface area contributed by atoms with Gasteiger partial charge in [-0.25, -0.2) is 9.78 Å². The Bertz CT molecular complexity index is 769. The first kappa shape index (κ1) is 17.2. The molecule has 1 aliphatic rings. The molecule has 2 heterocycles. The van der Waals surface area contributed by atoms with Gasteiger partial charge < -0.3 is 14.6 Å². The second kappa shape index (κ2) is 7.51. The molecule has 0 aliphatic carbocycles. The van der Waals surface area contributed by atoms with E-state index in [0.717, 1.165) is 37.2 Å². The van der Waals surface area contributed by atoms with Crippen LogP contribution in [0, 0.1) is 0 Å². The molecule has 0 radical (unpaired) electrons. The van der Waals surface area contributed by atoms with Crippen molar-refractivity contribution in [1.29, 1.82) is 0 Å². The van der Waals surface area contributed by atoms with Crippen molar-refractivity contribution in [2.45, 2.75) is 38.6 Å². The Kier molecular flexibility index (Phi) is 5.16. The Morgan fingerprint density at radius 2 is 2.20 bits per heavy atom. The van der Waals surface area contributed by atoms with Gasteiger partial charge in [-0.1, -0.05) is 19.1 Å². The highest BCUT2D eigenvalue weighted by atomic mass is 16.4. The molecule has 1 aromatic carbocycles. The zero-order valence-corrected chi connectivity index (χ0v) is 14.4. The van der Waals surface area contributed by atoms with Crippen LogP contribution in [0.1, 0.15) is 47.4 Å². The summed E-state index contributed by atoms with van der Waals surface area (Å²) in [5.41, 5.74) is 1.29. The fourth-order valence-corrected chi connectivity index (χ4v) is 3.45. The van der Waals surface area contributed by atoms with Crippen LogP contribution in [0.25, 0.3) is 0 Å². The van der Waals surface area contributed by atoms with Crippen LogP contribution in [0.2, 0.25) is 0 Å². The molecule has 6 heteroatoms. The molecule has 1 aromatic heterocycles. The lowest BCUT2D eigenvalue weighted by Crippen LogP contribution is -2.41. The maximum absolute atomic E-state index is 12.7. The second-order valence-corrected chi connectivity index (χ2v) is 6.43. The molecule has 1 aliphatic heterocycles. The lowest BCUT2D eigenvalue weighted by molar-refractivity contribution is -0.133. The molecule has 6 nitrogen and oxygen atoms in total. The Balaban J connectivity index is 1.69. The number of carbonyl (C=O) groups excluding carboxylic acids is 1. The van der Waals surface area contributed by atoms with Crippen LogP contribution >= 0.6 is 0 Å². The van der Waals surface area contributed by atoms with Crippen molar-refractivity contribution in [3.63, 3.8) is 0 Å². The number of carbonyl (C=O) groups is 2. The predicted molar refractivity (Wildman–Crippen MR) is 93.6 cm³/mol. The summed E-state index contributed by atoms with van der Waals surface area (Å²) in [5.74, 6) is 0.270. The number of benzene rings is 1. The SMILES string of the molecule is CCc1nccn1CC(=O)N1CCC[C@H](c2cccc(C(=O)O)c2)C1. The van der Waals surface area contributed by atoms with Crippen molar-refractivity contribution < 1.29 is 14.7 Å². The van der Waals surface area contributed by atoms with Crippen molar-refractivity contribution in [3.8, 4) is 0 Å².